The van der Waals surface area contributed by atoms with Gasteiger partial charge in [-0.15, -0.1) is 24.0 Å². The molecule has 0 aliphatic carbocycles. The van der Waals surface area contributed by atoms with Crippen molar-refractivity contribution in [1.29, 1.82) is 0 Å². The molecular formula is C18H27F2IN4O3. The second kappa shape index (κ2) is 12.6. The Hall–Kier alpha value is -1.85. The van der Waals surface area contributed by atoms with E-state index in [9.17, 15) is 13.6 Å². The minimum atomic E-state index is -2.84. The number of amides is 1. The third-order valence-electron chi connectivity index (χ3n) is 4.17. The maximum absolute atomic E-state index is 12.3. The molecule has 0 aromatic heterocycles. The molecule has 0 radical (unpaired) electrons. The molecule has 1 heterocycles. The van der Waals surface area contributed by atoms with Crippen LogP contribution in [0.4, 0.5) is 13.6 Å². The molecule has 2 N–H and O–H groups in total. The van der Waals surface area contributed by atoms with Crippen LogP contribution in [0.3, 0.4) is 0 Å². The molecule has 0 saturated carbocycles. The summed E-state index contributed by atoms with van der Waals surface area (Å²) in [5.74, 6) is 0.739. The molecular weight excluding hydrogens is 485 g/mol. The number of piperidine rings is 1. The molecule has 0 spiro atoms. The van der Waals surface area contributed by atoms with Crippen LogP contribution in [-0.2, 0) is 11.3 Å². The van der Waals surface area contributed by atoms with E-state index in [1.54, 1.807) is 31.0 Å². The van der Waals surface area contributed by atoms with Crippen LogP contribution in [-0.4, -0.2) is 56.4 Å². The van der Waals surface area contributed by atoms with Gasteiger partial charge in [0.05, 0.1) is 6.61 Å². The van der Waals surface area contributed by atoms with E-state index in [2.05, 4.69) is 20.4 Å². The quantitative estimate of drug-likeness (QED) is 0.348. The van der Waals surface area contributed by atoms with Crippen LogP contribution >= 0.6 is 24.0 Å². The highest BCUT2D eigenvalue weighted by Gasteiger charge is 2.24. The third-order valence-corrected chi connectivity index (χ3v) is 4.17. The highest BCUT2D eigenvalue weighted by molar-refractivity contribution is 14.0. The number of aliphatic imine (C=N–C) groups is 1. The molecule has 1 saturated heterocycles. The van der Waals surface area contributed by atoms with Crippen molar-refractivity contribution in [3.05, 3.63) is 29.8 Å². The lowest BCUT2D eigenvalue weighted by molar-refractivity contribution is -0.0498. The van der Waals surface area contributed by atoms with Crippen LogP contribution in [0.1, 0.15) is 25.3 Å². The Bertz CT molecular complexity index is 641. The van der Waals surface area contributed by atoms with Gasteiger partial charge >= 0.3 is 12.7 Å². The van der Waals surface area contributed by atoms with Crippen molar-refractivity contribution in [2.45, 2.75) is 39.0 Å². The van der Waals surface area contributed by atoms with E-state index in [0.717, 1.165) is 18.4 Å². The Morgan fingerprint density at radius 3 is 2.68 bits per heavy atom. The number of alkyl halides is 2. The second-order valence-electron chi connectivity index (χ2n) is 6.06. The summed E-state index contributed by atoms with van der Waals surface area (Å²) in [6.45, 7) is 0.986. The Morgan fingerprint density at radius 2 is 2.07 bits per heavy atom. The van der Waals surface area contributed by atoms with E-state index in [1.807, 2.05) is 6.07 Å². The van der Waals surface area contributed by atoms with Crippen molar-refractivity contribution < 1.29 is 23.0 Å². The van der Waals surface area contributed by atoms with Gasteiger partial charge in [-0.25, -0.2) is 4.79 Å². The molecule has 10 heteroatoms. The van der Waals surface area contributed by atoms with E-state index in [4.69, 9.17) is 4.74 Å². The summed E-state index contributed by atoms with van der Waals surface area (Å²) in [5.41, 5.74) is 0.799. The fraction of sp³-hybridized carbons (Fsp3) is 0.556. The average Bonchev–Trinajstić information content (AvgIpc) is 2.65. The molecule has 1 aliphatic rings. The maximum atomic E-state index is 12.3. The number of nitrogens with one attached hydrogen (secondary N) is 2. The first-order valence-corrected chi connectivity index (χ1v) is 8.94. The number of hydrogen-bond acceptors (Lipinski definition) is 4. The molecule has 0 bridgehead atoms. The van der Waals surface area contributed by atoms with Crippen molar-refractivity contribution in [3.63, 3.8) is 0 Å². The highest BCUT2D eigenvalue weighted by Crippen LogP contribution is 2.16. The standard InChI is InChI=1S/C18H26F2N4O3.HI/c1-3-26-18(25)24-9-7-14(8-10-24)23-17(21-2)22-12-13-5-4-6-15(11-13)27-16(19)20;/h4-6,11,14,16H,3,7-10,12H2,1-2H3,(H2,21,22,23);1H. The predicted octanol–water partition coefficient (Wildman–Crippen LogP) is 3.19. The van der Waals surface area contributed by atoms with Crippen LogP contribution in [0, 0.1) is 0 Å². The molecule has 158 valence electrons. The fourth-order valence-corrected chi connectivity index (χ4v) is 2.83. The van der Waals surface area contributed by atoms with Gasteiger partial charge in [0.25, 0.3) is 0 Å². The monoisotopic (exact) mass is 512 g/mol. The van der Waals surface area contributed by atoms with Crippen LogP contribution in [0.2, 0.25) is 0 Å². The first-order chi connectivity index (χ1) is 13.0. The van der Waals surface area contributed by atoms with Crippen molar-refractivity contribution in [3.8, 4) is 5.75 Å². The second-order valence-corrected chi connectivity index (χ2v) is 6.06. The summed E-state index contributed by atoms with van der Waals surface area (Å²) >= 11 is 0. The molecule has 1 aliphatic heterocycles. The zero-order valence-corrected chi connectivity index (χ0v) is 18.3. The summed E-state index contributed by atoms with van der Waals surface area (Å²) in [6.07, 6.45) is 1.30. The molecule has 1 aromatic carbocycles. The van der Waals surface area contributed by atoms with Crippen molar-refractivity contribution in [1.82, 2.24) is 15.5 Å². The largest absolute Gasteiger partial charge is 0.450 e. The van der Waals surface area contributed by atoms with Crippen LogP contribution in [0.25, 0.3) is 0 Å². The lowest BCUT2D eigenvalue weighted by Gasteiger charge is -2.32. The fourth-order valence-electron chi connectivity index (χ4n) is 2.83. The first-order valence-electron chi connectivity index (χ1n) is 8.94. The zero-order chi connectivity index (χ0) is 19.6. The molecule has 28 heavy (non-hydrogen) atoms. The topological polar surface area (TPSA) is 75.2 Å². The number of halogens is 3. The zero-order valence-electron chi connectivity index (χ0n) is 16.0. The number of rotatable bonds is 6. The van der Waals surface area contributed by atoms with Crippen LogP contribution in [0.5, 0.6) is 5.75 Å². The Morgan fingerprint density at radius 1 is 1.36 bits per heavy atom. The van der Waals surface area contributed by atoms with Gasteiger partial charge in [0.15, 0.2) is 5.96 Å². The summed E-state index contributed by atoms with van der Waals surface area (Å²) in [5, 5.41) is 6.48. The smallest absolute Gasteiger partial charge is 0.409 e. The summed E-state index contributed by atoms with van der Waals surface area (Å²) < 4.78 is 34.0. The van der Waals surface area contributed by atoms with E-state index < -0.39 is 6.61 Å². The first kappa shape index (κ1) is 24.2. The molecule has 0 unspecified atom stereocenters. The molecule has 0 atom stereocenters. The molecule has 1 fully saturated rings. The minimum Gasteiger partial charge on any atom is -0.450 e. The van der Waals surface area contributed by atoms with Crippen molar-refractivity contribution >= 4 is 36.0 Å². The summed E-state index contributed by atoms with van der Waals surface area (Å²) in [7, 11) is 1.67. The van der Waals surface area contributed by atoms with Gasteiger partial charge in [-0.2, -0.15) is 8.78 Å². The van der Waals surface area contributed by atoms with Gasteiger partial charge in [-0.05, 0) is 37.5 Å². The van der Waals surface area contributed by atoms with Crippen LogP contribution < -0.4 is 15.4 Å². The van der Waals surface area contributed by atoms with Gasteiger partial charge in [-0.1, -0.05) is 12.1 Å². The number of carbonyl (C=O) groups is 1. The summed E-state index contributed by atoms with van der Waals surface area (Å²) in [4.78, 5) is 17.6. The Labute approximate surface area is 180 Å². The molecule has 1 amide bonds. The predicted molar refractivity (Wildman–Crippen MR) is 113 cm³/mol. The van der Waals surface area contributed by atoms with Gasteiger partial charge < -0.3 is 25.0 Å². The molecule has 7 nitrogen and oxygen atoms in total. The summed E-state index contributed by atoms with van der Waals surface area (Å²) in [6, 6.07) is 6.71. The number of likely N-dealkylation sites (tertiary alicyclic amines) is 1. The van der Waals surface area contributed by atoms with Crippen molar-refractivity contribution in [2.75, 3.05) is 26.7 Å². The van der Waals surface area contributed by atoms with Crippen molar-refractivity contribution in [2.24, 2.45) is 4.99 Å². The number of guanidine groups is 1. The lowest BCUT2D eigenvalue weighted by Crippen LogP contribution is -2.49. The Balaban J connectivity index is 0.00000392. The van der Waals surface area contributed by atoms with Gasteiger partial charge in [0, 0.05) is 32.7 Å². The van der Waals surface area contributed by atoms with E-state index in [0.29, 0.717) is 32.2 Å². The SMILES string of the molecule is CCOC(=O)N1CCC(NC(=NC)NCc2cccc(OC(F)F)c2)CC1.I. The lowest BCUT2D eigenvalue weighted by atomic mass is 10.1. The Kier molecular flexibility index (Phi) is 10.9. The van der Waals surface area contributed by atoms with E-state index in [1.165, 1.54) is 6.07 Å². The molecule has 2 rings (SSSR count). The average molecular weight is 512 g/mol. The minimum absolute atomic E-state index is 0. The number of nitrogens with zero attached hydrogens (tertiary/aromatic N) is 2. The maximum Gasteiger partial charge on any atom is 0.409 e. The van der Waals surface area contributed by atoms with Gasteiger partial charge in [0.2, 0.25) is 0 Å². The highest BCUT2D eigenvalue weighted by atomic mass is 127. The van der Waals surface area contributed by atoms with Gasteiger partial charge in [0.1, 0.15) is 5.75 Å². The van der Waals surface area contributed by atoms with Crippen LogP contribution in [0.15, 0.2) is 29.3 Å². The number of hydrogen-bond donors (Lipinski definition) is 2. The number of ether oxygens (including phenoxy) is 2. The van der Waals surface area contributed by atoms with E-state index >= 15 is 0 Å². The molecule has 1 aromatic rings. The normalized spacial score (nSPS) is 15.0. The number of benzene rings is 1. The number of carbonyl (C=O) groups excluding carboxylic acids is 1. The third kappa shape index (κ3) is 8.03. The van der Waals surface area contributed by atoms with E-state index in [-0.39, 0.29) is 41.9 Å². The van der Waals surface area contributed by atoms with Gasteiger partial charge in [-0.3, -0.25) is 4.99 Å².